The molecule has 3 aliphatic rings. The Morgan fingerprint density at radius 2 is 1.96 bits per heavy atom. The van der Waals surface area contributed by atoms with Gasteiger partial charge in [0.1, 0.15) is 10.8 Å². The highest BCUT2D eigenvalue weighted by atomic mass is 32.1. The summed E-state index contributed by atoms with van der Waals surface area (Å²) in [7, 11) is 0. The van der Waals surface area contributed by atoms with E-state index in [4.69, 9.17) is 4.98 Å². The molecule has 0 spiro atoms. The molecule has 0 atom stereocenters. The van der Waals surface area contributed by atoms with Crippen LogP contribution in [0.15, 0.2) is 18.2 Å². The van der Waals surface area contributed by atoms with Gasteiger partial charge in [-0.25, -0.2) is 9.37 Å². The zero-order valence-corrected chi connectivity index (χ0v) is 16.9. The monoisotopic (exact) mass is 399 g/mol. The number of fused-ring (bicyclic) bond motifs is 2. The van der Waals surface area contributed by atoms with Gasteiger partial charge in [-0.15, -0.1) is 11.3 Å². The van der Waals surface area contributed by atoms with Crippen LogP contribution in [0.2, 0.25) is 0 Å². The summed E-state index contributed by atoms with van der Waals surface area (Å²) < 4.78 is 13.7. The van der Waals surface area contributed by atoms with Crippen molar-refractivity contribution in [1.29, 1.82) is 0 Å². The molecule has 148 valence electrons. The molecule has 1 amide bonds. The van der Waals surface area contributed by atoms with E-state index in [9.17, 15) is 9.18 Å². The van der Waals surface area contributed by atoms with Crippen LogP contribution in [0.4, 0.5) is 10.1 Å². The van der Waals surface area contributed by atoms with E-state index in [0.717, 1.165) is 62.4 Å². The summed E-state index contributed by atoms with van der Waals surface area (Å²) in [6, 6.07) is 5.54. The predicted octanol–water partition coefficient (Wildman–Crippen LogP) is 3.76. The van der Waals surface area contributed by atoms with Gasteiger partial charge in [0.15, 0.2) is 0 Å². The Kier molecular flexibility index (Phi) is 4.83. The normalized spacial score (nSPS) is 19.6. The molecule has 0 bridgehead atoms. The number of rotatable bonds is 3. The van der Waals surface area contributed by atoms with E-state index < -0.39 is 0 Å². The second kappa shape index (κ2) is 7.47. The lowest BCUT2D eigenvalue weighted by Crippen LogP contribution is -2.46. The van der Waals surface area contributed by atoms with Crippen LogP contribution in [0.3, 0.4) is 0 Å². The number of piperidine rings is 1. The molecule has 1 aromatic carbocycles. The highest BCUT2D eigenvalue weighted by Gasteiger charge is 2.31. The van der Waals surface area contributed by atoms with E-state index in [1.165, 1.54) is 29.0 Å². The molecule has 6 heteroatoms. The third-order valence-electron chi connectivity index (χ3n) is 6.43. The molecule has 0 N–H and O–H groups in total. The van der Waals surface area contributed by atoms with Crippen molar-refractivity contribution in [2.75, 3.05) is 24.5 Å². The van der Waals surface area contributed by atoms with Crippen molar-refractivity contribution in [3.63, 3.8) is 0 Å². The summed E-state index contributed by atoms with van der Waals surface area (Å²) in [6.45, 7) is 2.54. The number of anilines is 1. The zero-order valence-electron chi connectivity index (χ0n) is 16.1. The summed E-state index contributed by atoms with van der Waals surface area (Å²) in [5.41, 5.74) is 3.53. The Hall–Kier alpha value is -1.95. The number of nitrogens with zero attached hydrogens (tertiary/aromatic N) is 3. The number of carbonyl (C=O) groups is 1. The van der Waals surface area contributed by atoms with Gasteiger partial charge in [0.05, 0.1) is 12.1 Å². The van der Waals surface area contributed by atoms with E-state index in [0.29, 0.717) is 12.5 Å². The second-order valence-corrected chi connectivity index (χ2v) is 9.36. The number of carbonyl (C=O) groups excluding carboxylic acids is 1. The Morgan fingerprint density at radius 3 is 2.79 bits per heavy atom. The third kappa shape index (κ3) is 3.43. The molecule has 0 radical (unpaired) electrons. The molecule has 2 aliphatic heterocycles. The number of benzene rings is 1. The summed E-state index contributed by atoms with van der Waals surface area (Å²) in [6.07, 6.45) is 8.02. The van der Waals surface area contributed by atoms with Crippen molar-refractivity contribution < 1.29 is 9.18 Å². The molecule has 5 rings (SSSR count). The van der Waals surface area contributed by atoms with Crippen molar-refractivity contribution in [3.05, 3.63) is 45.2 Å². The first-order valence-electron chi connectivity index (χ1n) is 10.5. The van der Waals surface area contributed by atoms with Crippen LogP contribution >= 0.6 is 11.3 Å². The number of aryl methyl sites for hydroxylation is 2. The lowest BCUT2D eigenvalue weighted by molar-refractivity contribution is -0.131. The largest absolute Gasteiger partial charge is 0.368 e. The number of thiazole rings is 1. The molecular weight excluding hydrogens is 373 g/mol. The van der Waals surface area contributed by atoms with Gasteiger partial charge in [-0.2, -0.15) is 0 Å². The van der Waals surface area contributed by atoms with Gasteiger partial charge in [0, 0.05) is 36.2 Å². The van der Waals surface area contributed by atoms with Crippen LogP contribution in [0.5, 0.6) is 0 Å². The second-order valence-electron chi connectivity index (χ2n) is 8.19. The Balaban J connectivity index is 1.19. The Bertz CT molecular complexity index is 864. The lowest BCUT2D eigenvalue weighted by Gasteiger charge is -2.38. The summed E-state index contributed by atoms with van der Waals surface area (Å²) >= 11 is 1.74. The molecule has 0 saturated carbocycles. The zero-order chi connectivity index (χ0) is 19.1. The first-order valence-corrected chi connectivity index (χ1v) is 11.3. The van der Waals surface area contributed by atoms with Crippen LogP contribution in [-0.2, 0) is 30.5 Å². The molecule has 28 heavy (non-hydrogen) atoms. The van der Waals surface area contributed by atoms with Crippen LogP contribution in [0.25, 0.3) is 0 Å². The molecule has 1 aromatic heterocycles. The van der Waals surface area contributed by atoms with Crippen molar-refractivity contribution in [2.45, 2.75) is 57.4 Å². The van der Waals surface area contributed by atoms with Crippen LogP contribution in [-0.4, -0.2) is 41.5 Å². The SMILES string of the molecule is O=C(Cc1nc2c(s1)CCCC2)N1CCC(N2CCc3ccc(F)cc32)CC1. The smallest absolute Gasteiger partial charge is 0.229 e. The summed E-state index contributed by atoms with van der Waals surface area (Å²) in [4.78, 5) is 23.3. The van der Waals surface area contributed by atoms with Gasteiger partial charge < -0.3 is 9.80 Å². The fourth-order valence-electron chi connectivity index (χ4n) is 4.91. The molecule has 3 heterocycles. The maximum absolute atomic E-state index is 13.7. The molecule has 2 aromatic rings. The van der Waals surface area contributed by atoms with Crippen LogP contribution < -0.4 is 4.90 Å². The molecule has 1 saturated heterocycles. The average Bonchev–Trinajstić information content (AvgIpc) is 3.31. The first-order chi connectivity index (χ1) is 13.7. The van der Waals surface area contributed by atoms with Gasteiger partial charge in [0.2, 0.25) is 5.91 Å². The maximum atomic E-state index is 13.7. The molecule has 0 unspecified atom stereocenters. The number of halogens is 1. The summed E-state index contributed by atoms with van der Waals surface area (Å²) in [5.74, 6) is 0.0434. The number of aromatic nitrogens is 1. The van der Waals surface area contributed by atoms with Gasteiger partial charge >= 0.3 is 0 Å². The number of hydrogen-bond donors (Lipinski definition) is 0. The number of hydrogen-bond acceptors (Lipinski definition) is 4. The van der Waals surface area contributed by atoms with Crippen molar-refractivity contribution >= 4 is 22.9 Å². The fraction of sp³-hybridized carbons (Fsp3) is 0.545. The minimum atomic E-state index is -0.163. The fourth-order valence-corrected chi connectivity index (χ4v) is 6.05. The molecule has 1 fully saturated rings. The first kappa shape index (κ1) is 18.1. The summed E-state index contributed by atoms with van der Waals surface area (Å²) in [5, 5.41) is 0.989. The lowest BCUT2D eigenvalue weighted by atomic mass is 10.0. The standard InChI is InChI=1S/C22H26FN3OS/c23-16-6-5-15-7-12-26(19(15)13-16)17-8-10-25(11-9-17)22(27)14-21-24-18-3-1-2-4-20(18)28-21/h5-6,13,17H,1-4,7-12,14H2. The van der Waals surface area contributed by atoms with Gasteiger partial charge in [-0.1, -0.05) is 6.07 Å². The number of amides is 1. The van der Waals surface area contributed by atoms with Crippen molar-refractivity contribution in [2.24, 2.45) is 0 Å². The van der Waals surface area contributed by atoms with Gasteiger partial charge in [-0.3, -0.25) is 4.79 Å². The van der Waals surface area contributed by atoms with Gasteiger partial charge in [0.25, 0.3) is 0 Å². The van der Waals surface area contributed by atoms with E-state index in [1.54, 1.807) is 23.5 Å². The number of likely N-dealkylation sites (tertiary alicyclic amines) is 1. The average molecular weight is 400 g/mol. The predicted molar refractivity (Wildman–Crippen MR) is 110 cm³/mol. The van der Waals surface area contributed by atoms with Crippen molar-refractivity contribution in [3.8, 4) is 0 Å². The minimum Gasteiger partial charge on any atom is -0.368 e. The Morgan fingerprint density at radius 1 is 1.14 bits per heavy atom. The van der Waals surface area contributed by atoms with Crippen molar-refractivity contribution in [1.82, 2.24) is 9.88 Å². The van der Waals surface area contributed by atoms with E-state index in [1.807, 2.05) is 11.0 Å². The van der Waals surface area contributed by atoms with Crippen LogP contribution in [0.1, 0.15) is 46.8 Å². The van der Waals surface area contributed by atoms with E-state index >= 15 is 0 Å². The molecule has 4 nitrogen and oxygen atoms in total. The van der Waals surface area contributed by atoms with E-state index in [-0.39, 0.29) is 11.7 Å². The third-order valence-corrected chi connectivity index (χ3v) is 7.59. The maximum Gasteiger partial charge on any atom is 0.229 e. The quantitative estimate of drug-likeness (QED) is 0.789. The van der Waals surface area contributed by atoms with Gasteiger partial charge in [-0.05, 0) is 62.6 Å². The minimum absolute atomic E-state index is 0.163. The highest BCUT2D eigenvalue weighted by Crippen LogP contribution is 2.33. The van der Waals surface area contributed by atoms with E-state index in [2.05, 4.69) is 4.90 Å². The Labute approximate surface area is 169 Å². The topological polar surface area (TPSA) is 36.4 Å². The molecule has 1 aliphatic carbocycles. The highest BCUT2D eigenvalue weighted by molar-refractivity contribution is 7.11. The van der Waals surface area contributed by atoms with Crippen LogP contribution in [0, 0.1) is 5.82 Å². The molecular formula is C22H26FN3OS.